The van der Waals surface area contributed by atoms with E-state index in [1.807, 2.05) is 18.2 Å². The Morgan fingerprint density at radius 3 is 2.56 bits per heavy atom. The summed E-state index contributed by atoms with van der Waals surface area (Å²) >= 11 is 6.86. The molecule has 0 unspecified atom stereocenters. The maximum atomic E-state index is 12.3. The molecular formula is C23H19Br2N3O4. The first-order chi connectivity index (χ1) is 15.5. The molecule has 0 fully saturated rings. The van der Waals surface area contributed by atoms with E-state index in [4.69, 9.17) is 9.47 Å². The van der Waals surface area contributed by atoms with E-state index in [9.17, 15) is 9.59 Å². The number of hydrogen-bond acceptors (Lipinski definition) is 5. The van der Waals surface area contributed by atoms with Crippen LogP contribution >= 0.6 is 31.9 Å². The van der Waals surface area contributed by atoms with Gasteiger partial charge in [-0.1, -0.05) is 40.2 Å². The smallest absolute Gasteiger partial charge is 0.271 e. The number of anilines is 1. The van der Waals surface area contributed by atoms with Gasteiger partial charge in [-0.25, -0.2) is 5.43 Å². The lowest BCUT2D eigenvalue weighted by Gasteiger charge is -2.12. The number of para-hydroxylation sites is 1. The summed E-state index contributed by atoms with van der Waals surface area (Å²) in [6, 6.07) is 19.4. The summed E-state index contributed by atoms with van der Waals surface area (Å²) in [5, 5.41) is 6.78. The number of ether oxygens (including phenoxy) is 2. The Morgan fingerprint density at radius 1 is 1.03 bits per heavy atom. The number of nitrogens with zero attached hydrogens (tertiary/aromatic N) is 1. The van der Waals surface area contributed by atoms with Gasteiger partial charge in [0, 0.05) is 21.3 Å². The maximum absolute atomic E-state index is 12.3. The van der Waals surface area contributed by atoms with E-state index in [1.165, 1.54) is 13.3 Å². The molecule has 0 aliphatic carbocycles. The molecule has 3 aromatic rings. The molecule has 0 aliphatic rings. The standard InChI is InChI=1S/C23H19Br2N3O4/c1-31-19-9-5-6-15(11-19)23(30)28-26-13-16-10-17(24)12-20(25)22(16)32-14-21(29)27-18-7-3-2-4-8-18/h2-13H,14H2,1H3,(H,27,29)(H,28,30)/b26-13+. The molecule has 7 nitrogen and oxygen atoms in total. The van der Waals surface area contributed by atoms with Crippen LogP contribution in [-0.4, -0.2) is 31.7 Å². The third-order valence-electron chi connectivity index (χ3n) is 4.14. The van der Waals surface area contributed by atoms with E-state index in [-0.39, 0.29) is 18.4 Å². The fourth-order valence-electron chi connectivity index (χ4n) is 2.67. The molecule has 164 valence electrons. The number of benzene rings is 3. The van der Waals surface area contributed by atoms with Crippen LogP contribution in [-0.2, 0) is 4.79 Å². The Bertz CT molecular complexity index is 1140. The van der Waals surface area contributed by atoms with E-state index in [2.05, 4.69) is 47.7 Å². The van der Waals surface area contributed by atoms with Crippen LogP contribution in [0.2, 0.25) is 0 Å². The molecule has 0 aromatic heterocycles. The predicted octanol–water partition coefficient (Wildman–Crippen LogP) is 5.00. The third-order valence-corrected chi connectivity index (χ3v) is 5.19. The zero-order chi connectivity index (χ0) is 22.9. The van der Waals surface area contributed by atoms with E-state index < -0.39 is 0 Å². The van der Waals surface area contributed by atoms with E-state index in [0.717, 1.165) is 4.47 Å². The zero-order valence-corrected chi connectivity index (χ0v) is 20.1. The van der Waals surface area contributed by atoms with Gasteiger partial charge < -0.3 is 14.8 Å². The Morgan fingerprint density at radius 2 is 1.81 bits per heavy atom. The molecule has 2 amide bonds. The molecule has 0 saturated heterocycles. The number of amides is 2. The molecule has 2 N–H and O–H groups in total. The average Bonchev–Trinajstić information content (AvgIpc) is 2.79. The Kier molecular flexibility index (Phi) is 8.41. The van der Waals surface area contributed by atoms with Crippen molar-refractivity contribution in [1.82, 2.24) is 5.43 Å². The Labute approximate surface area is 202 Å². The second-order valence-corrected chi connectivity index (χ2v) is 8.21. The molecule has 9 heteroatoms. The van der Waals surface area contributed by atoms with Gasteiger partial charge >= 0.3 is 0 Å². The number of rotatable bonds is 8. The molecule has 0 spiro atoms. The quantitative estimate of drug-likeness (QED) is 0.300. The van der Waals surface area contributed by atoms with E-state index in [0.29, 0.717) is 32.8 Å². The molecule has 3 rings (SSSR count). The average molecular weight is 561 g/mol. The van der Waals surface area contributed by atoms with Crippen LogP contribution in [0.3, 0.4) is 0 Å². The summed E-state index contributed by atoms with van der Waals surface area (Å²) in [6.07, 6.45) is 1.44. The Balaban J connectivity index is 1.68. The van der Waals surface area contributed by atoms with Crippen LogP contribution in [0.15, 0.2) is 80.8 Å². The number of carbonyl (C=O) groups is 2. The predicted molar refractivity (Wildman–Crippen MR) is 130 cm³/mol. The van der Waals surface area contributed by atoms with Gasteiger partial charge in [-0.3, -0.25) is 9.59 Å². The van der Waals surface area contributed by atoms with Crippen LogP contribution < -0.4 is 20.2 Å². The molecule has 0 atom stereocenters. The van der Waals surface area contributed by atoms with Crippen LogP contribution in [0.5, 0.6) is 11.5 Å². The molecule has 0 radical (unpaired) electrons. The van der Waals surface area contributed by atoms with Gasteiger partial charge in [0.2, 0.25) is 0 Å². The number of hydrazone groups is 1. The van der Waals surface area contributed by atoms with Gasteiger partial charge in [0.1, 0.15) is 11.5 Å². The van der Waals surface area contributed by atoms with Crippen molar-refractivity contribution >= 4 is 55.6 Å². The summed E-state index contributed by atoms with van der Waals surface area (Å²) in [5.41, 5.74) is 4.12. The summed E-state index contributed by atoms with van der Waals surface area (Å²) < 4.78 is 12.3. The van der Waals surface area contributed by atoms with Crippen LogP contribution in [0.25, 0.3) is 0 Å². The molecule has 0 bridgehead atoms. The van der Waals surface area contributed by atoms with Crippen LogP contribution in [0, 0.1) is 0 Å². The number of carbonyl (C=O) groups excluding carboxylic acids is 2. The molecule has 0 heterocycles. The highest BCUT2D eigenvalue weighted by molar-refractivity contribution is 9.11. The molecular weight excluding hydrogens is 542 g/mol. The number of hydrogen-bond donors (Lipinski definition) is 2. The summed E-state index contributed by atoms with van der Waals surface area (Å²) in [7, 11) is 1.53. The van der Waals surface area contributed by atoms with Crippen LogP contribution in [0.4, 0.5) is 5.69 Å². The molecule has 0 aliphatic heterocycles. The SMILES string of the molecule is COc1cccc(C(=O)N/N=C/c2cc(Br)cc(Br)c2OCC(=O)Nc2ccccc2)c1. The zero-order valence-electron chi connectivity index (χ0n) is 17.0. The number of nitrogens with one attached hydrogen (secondary N) is 2. The topological polar surface area (TPSA) is 89.0 Å². The monoisotopic (exact) mass is 559 g/mol. The first-order valence-corrected chi connectivity index (χ1v) is 11.0. The minimum absolute atomic E-state index is 0.202. The van der Waals surface area contributed by atoms with Gasteiger partial charge in [-0.2, -0.15) is 5.10 Å². The fourth-order valence-corrected chi connectivity index (χ4v) is 4.05. The van der Waals surface area contributed by atoms with Gasteiger partial charge in [0.05, 0.1) is 17.8 Å². The first kappa shape index (κ1) is 23.5. The van der Waals surface area contributed by atoms with Gasteiger partial charge in [0.25, 0.3) is 11.8 Å². The summed E-state index contributed by atoms with van der Waals surface area (Å²) in [6.45, 7) is -0.202. The second-order valence-electron chi connectivity index (χ2n) is 6.44. The highest BCUT2D eigenvalue weighted by Gasteiger charge is 2.12. The van der Waals surface area contributed by atoms with Crippen molar-refractivity contribution in [3.8, 4) is 11.5 Å². The maximum Gasteiger partial charge on any atom is 0.271 e. The lowest BCUT2D eigenvalue weighted by molar-refractivity contribution is -0.118. The van der Waals surface area contributed by atoms with Crippen molar-refractivity contribution in [3.05, 3.63) is 86.8 Å². The third kappa shape index (κ3) is 6.66. The van der Waals surface area contributed by atoms with Gasteiger partial charge in [-0.15, -0.1) is 0 Å². The number of methoxy groups -OCH3 is 1. The first-order valence-electron chi connectivity index (χ1n) is 9.40. The van der Waals surface area contributed by atoms with E-state index >= 15 is 0 Å². The Hall–Kier alpha value is -3.17. The molecule has 3 aromatic carbocycles. The van der Waals surface area contributed by atoms with Gasteiger partial charge in [0.15, 0.2) is 6.61 Å². The summed E-state index contributed by atoms with van der Waals surface area (Å²) in [5.74, 6) is 0.289. The van der Waals surface area contributed by atoms with Crippen molar-refractivity contribution in [2.45, 2.75) is 0 Å². The molecule has 32 heavy (non-hydrogen) atoms. The molecule has 0 saturated carbocycles. The van der Waals surface area contributed by atoms with Crippen molar-refractivity contribution in [2.75, 3.05) is 19.0 Å². The largest absolute Gasteiger partial charge is 0.497 e. The second kappa shape index (κ2) is 11.4. The summed E-state index contributed by atoms with van der Waals surface area (Å²) in [4.78, 5) is 24.6. The highest BCUT2D eigenvalue weighted by Crippen LogP contribution is 2.32. The van der Waals surface area contributed by atoms with Crippen molar-refractivity contribution in [2.24, 2.45) is 5.10 Å². The van der Waals surface area contributed by atoms with Crippen molar-refractivity contribution < 1.29 is 19.1 Å². The lowest BCUT2D eigenvalue weighted by atomic mass is 10.2. The fraction of sp³-hybridized carbons (Fsp3) is 0.0870. The number of halogens is 2. The minimum Gasteiger partial charge on any atom is -0.497 e. The minimum atomic E-state index is -0.390. The lowest BCUT2D eigenvalue weighted by Crippen LogP contribution is -2.21. The normalized spacial score (nSPS) is 10.6. The van der Waals surface area contributed by atoms with Crippen molar-refractivity contribution in [1.29, 1.82) is 0 Å². The van der Waals surface area contributed by atoms with Crippen molar-refractivity contribution in [3.63, 3.8) is 0 Å². The van der Waals surface area contributed by atoms with Gasteiger partial charge in [-0.05, 0) is 58.4 Å². The highest BCUT2D eigenvalue weighted by atomic mass is 79.9. The van der Waals surface area contributed by atoms with Crippen LogP contribution in [0.1, 0.15) is 15.9 Å². The van der Waals surface area contributed by atoms with E-state index in [1.54, 1.807) is 48.5 Å².